The molecule has 1 aliphatic rings. The Morgan fingerprint density at radius 2 is 2.20 bits per heavy atom. The molecule has 5 nitrogen and oxygen atoms in total. The third-order valence-corrected chi connectivity index (χ3v) is 2.25. The average Bonchev–Trinajstić information content (AvgIpc) is 2.17. The van der Waals surface area contributed by atoms with E-state index in [9.17, 15) is 4.79 Å². The van der Waals surface area contributed by atoms with Crippen LogP contribution in [0.15, 0.2) is 0 Å². The van der Waals surface area contributed by atoms with E-state index in [2.05, 4.69) is 17.7 Å². The number of hydroxylamine groups is 1. The number of hydrogen-bond donors (Lipinski definition) is 2. The van der Waals surface area contributed by atoms with Gasteiger partial charge in [-0.25, -0.2) is 10.3 Å². The predicted molar refractivity (Wildman–Crippen MR) is 56.4 cm³/mol. The van der Waals surface area contributed by atoms with E-state index in [1.807, 2.05) is 0 Å². The molecule has 0 aromatic rings. The van der Waals surface area contributed by atoms with Crippen molar-refractivity contribution in [3.05, 3.63) is 0 Å². The second-order valence-electron chi connectivity index (χ2n) is 3.63. The summed E-state index contributed by atoms with van der Waals surface area (Å²) in [5, 5.41) is 2.63. The van der Waals surface area contributed by atoms with E-state index < -0.39 is 0 Å². The summed E-state index contributed by atoms with van der Waals surface area (Å²) in [6.07, 6.45) is 4.01. The van der Waals surface area contributed by atoms with Gasteiger partial charge in [0.15, 0.2) is 0 Å². The van der Waals surface area contributed by atoms with Crippen LogP contribution in [0.3, 0.4) is 0 Å². The Bertz CT molecular complexity index is 184. The number of hydrogen-bond acceptors (Lipinski definition) is 4. The fourth-order valence-electron chi connectivity index (χ4n) is 1.13. The molecular formula is C10H20N2O3. The van der Waals surface area contributed by atoms with Gasteiger partial charge in [0, 0.05) is 13.1 Å². The molecule has 5 heteroatoms. The molecule has 1 amide bonds. The van der Waals surface area contributed by atoms with Crippen LogP contribution >= 0.6 is 0 Å². The number of ether oxygens (including phenoxy) is 1. The lowest BCUT2D eigenvalue weighted by molar-refractivity contribution is 0.0336. The Hall–Kier alpha value is -0.810. The molecule has 88 valence electrons. The maximum absolute atomic E-state index is 11.1. The first-order valence-electron chi connectivity index (χ1n) is 5.62. The summed E-state index contributed by atoms with van der Waals surface area (Å²) in [6.45, 7) is 3.82. The first kappa shape index (κ1) is 12.3. The van der Waals surface area contributed by atoms with Crippen molar-refractivity contribution in [3.63, 3.8) is 0 Å². The zero-order valence-corrected chi connectivity index (χ0v) is 9.25. The Labute approximate surface area is 90.5 Å². The molecule has 0 aromatic carbocycles. The minimum absolute atomic E-state index is 0.143. The number of amides is 1. The molecule has 0 bridgehead atoms. The zero-order chi connectivity index (χ0) is 10.9. The minimum atomic E-state index is -0.334. The van der Waals surface area contributed by atoms with Crippen molar-refractivity contribution in [2.45, 2.75) is 38.7 Å². The van der Waals surface area contributed by atoms with E-state index in [-0.39, 0.29) is 12.2 Å². The molecule has 0 unspecified atom stereocenters. The molecule has 0 spiro atoms. The molecule has 0 radical (unpaired) electrons. The third kappa shape index (κ3) is 5.59. The van der Waals surface area contributed by atoms with Gasteiger partial charge in [0.2, 0.25) is 0 Å². The molecule has 0 heterocycles. The van der Waals surface area contributed by atoms with E-state index >= 15 is 0 Å². The maximum atomic E-state index is 11.1. The molecule has 1 saturated carbocycles. The Balaban J connectivity index is 1.83. The number of rotatable bonds is 7. The summed E-state index contributed by atoms with van der Waals surface area (Å²) in [7, 11) is 0. The zero-order valence-electron chi connectivity index (χ0n) is 9.25. The lowest BCUT2D eigenvalue weighted by Gasteiger charge is -2.25. The van der Waals surface area contributed by atoms with E-state index in [1.165, 1.54) is 6.42 Å². The van der Waals surface area contributed by atoms with Crippen molar-refractivity contribution < 1.29 is 14.4 Å². The van der Waals surface area contributed by atoms with Gasteiger partial charge in [-0.05, 0) is 25.7 Å². The van der Waals surface area contributed by atoms with Gasteiger partial charge in [0.1, 0.15) is 6.10 Å². The van der Waals surface area contributed by atoms with Gasteiger partial charge in [-0.3, -0.25) is 4.84 Å². The number of carbonyl (C=O) groups is 1. The van der Waals surface area contributed by atoms with Crippen LogP contribution in [0.1, 0.15) is 32.6 Å². The van der Waals surface area contributed by atoms with Crippen LogP contribution in [0.25, 0.3) is 0 Å². The van der Waals surface area contributed by atoms with Gasteiger partial charge in [-0.15, -0.1) is 0 Å². The lowest BCUT2D eigenvalue weighted by atomic mass is 9.96. The molecule has 0 atom stereocenters. The minimum Gasteiger partial charge on any atom is -0.446 e. The SMILES string of the molecule is CCCNOCCNC(=O)OC1CCC1. The van der Waals surface area contributed by atoms with Crippen LogP contribution < -0.4 is 10.8 Å². The van der Waals surface area contributed by atoms with Crippen molar-refractivity contribution >= 4 is 6.09 Å². The van der Waals surface area contributed by atoms with Gasteiger partial charge in [0.05, 0.1) is 6.61 Å². The normalized spacial score (nSPS) is 15.8. The number of nitrogens with one attached hydrogen (secondary N) is 2. The van der Waals surface area contributed by atoms with Gasteiger partial charge in [-0.2, -0.15) is 0 Å². The van der Waals surface area contributed by atoms with E-state index in [1.54, 1.807) is 0 Å². The Morgan fingerprint density at radius 1 is 1.40 bits per heavy atom. The summed E-state index contributed by atoms with van der Waals surface area (Å²) >= 11 is 0. The molecule has 1 aliphatic carbocycles. The van der Waals surface area contributed by atoms with Gasteiger partial charge < -0.3 is 10.1 Å². The van der Waals surface area contributed by atoms with Crippen LogP contribution in [0.2, 0.25) is 0 Å². The molecule has 0 aromatic heterocycles. The van der Waals surface area contributed by atoms with Crippen molar-refractivity contribution in [1.82, 2.24) is 10.8 Å². The van der Waals surface area contributed by atoms with E-state index in [0.29, 0.717) is 13.2 Å². The van der Waals surface area contributed by atoms with Crippen LogP contribution in [0, 0.1) is 0 Å². The van der Waals surface area contributed by atoms with E-state index in [0.717, 1.165) is 25.8 Å². The molecule has 0 aliphatic heterocycles. The quantitative estimate of drug-likeness (QED) is 0.496. The molecule has 2 N–H and O–H groups in total. The third-order valence-electron chi connectivity index (χ3n) is 2.25. The standard InChI is InChI=1S/C10H20N2O3/c1-2-6-12-14-8-7-11-10(13)15-9-4-3-5-9/h9,12H,2-8H2,1H3,(H,11,13). The average molecular weight is 216 g/mol. The summed E-state index contributed by atoms with van der Waals surface area (Å²) in [5.41, 5.74) is 2.78. The Morgan fingerprint density at radius 3 is 2.80 bits per heavy atom. The first-order chi connectivity index (χ1) is 7.33. The second-order valence-corrected chi connectivity index (χ2v) is 3.63. The molecular weight excluding hydrogens is 196 g/mol. The summed E-state index contributed by atoms with van der Waals surface area (Å²) in [4.78, 5) is 16.2. The molecule has 1 fully saturated rings. The summed E-state index contributed by atoms with van der Waals surface area (Å²) in [6, 6.07) is 0. The van der Waals surface area contributed by atoms with Crippen LogP contribution in [-0.4, -0.2) is 31.9 Å². The molecule has 1 rings (SSSR count). The predicted octanol–water partition coefficient (Wildman–Crippen LogP) is 1.20. The van der Waals surface area contributed by atoms with Crippen molar-refractivity contribution in [1.29, 1.82) is 0 Å². The lowest BCUT2D eigenvalue weighted by Crippen LogP contribution is -2.34. The Kier molecular flexibility index (Phi) is 6.11. The largest absolute Gasteiger partial charge is 0.446 e. The highest BCUT2D eigenvalue weighted by atomic mass is 16.6. The second kappa shape index (κ2) is 7.48. The smallest absolute Gasteiger partial charge is 0.407 e. The van der Waals surface area contributed by atoms with Crippen LogP contribution in [-0.2, 0) is 9.57 Å². The first-order valence-corrected chi connectivity index (χ1v) is 5.62. The van der Waals surface area contributed by atoms with Crippen LogP contribution in [0.4, 0.5) is 4.79 Å². The van der Waals surface area contributed by atoms with Gasteiger partial charge >= 0.3 is 6.09 Å². The van der Waals surface area contributed by atoms with Crippen molar-refractivity contribution in [2.75, 3.05) is 19.7 Å². The highest BCUT2D eigenvalue weighted by Crippen LogP contribution is 2.21. The van der Waals surface area contributed by atoms with Gasteiger partial charge in [-0.1, -0.05) is 6.92 Å². The monoisotopic (exact) mass is 216 g/mol. The van der Waals surface area contributed by atoms with E-state index in [4.69, 9.17) is 9.57 Å². The van der Waals surface area contributed by atoms with Crippen molar-refractivity contribution in [2.24, 2.45) is 0 Å². The highest BCUT2D eigenvalue weighted by Gasteiger charge is 2.21. The van der Waals surface area contributed by atoms with Crippen molar-refractivity contribution in [3.8, 4) is 0 Å². The number of alkyl carbamates (subject to hydrolysis) is 1. The molecule has 0 saturated heterocycles. The maximum Gasteiger partial charge on any atom is 0.407 e. The highest BCUT2D eigenvalue weighted by molar-refractivity contribution is 5.67. The molecule has 15 heavy (non-hydrogen) atoms. The topological polar surface area (TPSA) is 59.6 Å². The van der Waals surface area contributed by atoms with Gasteiger partial charge in [0.25, 0.3) is 0 Å². The fourth-order valence-corrected chi connectivity index (χ4v) is 1.13. The summed E-state index contributed by atoms with van der Waals surface area (Å²) < 4.78 is 5.09. The number of carbonyl (C=O) groups excluding carboxylic acids is 1. The summed E-state index contributed by atoms with van der Waals surface area (Å²) in [5.74, 6) is 0. The fraction of sp³-hybridized carbons (Fsp3) is 0.900. The van der Waals surface area contributed by atoms with Crippen LogP contribution in [0.5, 0.6) is 0 Å².